The first-order valence-electron chi connectivity index (χ1n) is 7.58. The van der Waals surface area contributed by atoms with Crippen molar-refractivity contribution in [1.29, 1.82) is 0 Å². The summed E-state index contributed by atoms with van der Waals surface area (Å²) in [7, 11) is 0. The van der Waals surface area contributed by atoms with E-state index in [4.69, 9.17) is 0 Å². The first-order chi connectivity index (χ1) is 9.72. The largest absolute Gasteiger partial charge is 0.303 e. The molecule has 106 valence electrons. The highest BCUT2D eigenvalue weighted by atomic mass is 15.0. The molecule has 0 bridgehead atoms. The van der Waals surface area contributed by atoms with Crippen LogP contribution in [0.2, 0.25) is 0 Å². The van der Waals surface area contributed by atoms with Crippen LogP contribution in [-0.4, -0.2) is 6.04 Å². The minimum atomic E-state index is 0.265. The summed E-state index contributed by atoms with van der Waals surface area (Å²) < 4.78 is 0. The minimum absolute atomic E-state index is 0.265. The second-order valence-corrected chi connectivity index (χ2v) is 5.60. The molecule has 0 aliphatic rings. The van der Waals surface area contributed by atoms with Gasteiger partial charge in [0.05, 0.1) is 6.04 Å². The van der Waals surface area contributed by atoms with Gasteiger partial charge in [0, 0.05) is 6.04 Å². The lowest BCUT2D eigenvalue weighted by atomic mass is 9.94. The Morgan fingerprint density at radius 1 is 0.800 bits per heavy atom. The second kappa shape index (κ2) is 7.25. The molecule has 0 amide bonds. The van der Waals surface area contributed by atoms with Crippen LogP contribution in [0.5, 0.6) is 0 Å². The molecule has 0 spiro atoms. The van der Waals surface area contributed by atoms with E-state index in [1.54, 1.807) is 0 Å². The molecule has 1 nitrogen and oxygen atoms in total. The summed E-state index contributed by atoms with van der Waals surface area (Å²) in [6, 6.07) is 22.2. The second-order valence-electron chi connectivity index (χ2n) is 5.60. The van der Waals surface area contributed by atoms with Crippen LogP contribution < -0.4 is 5.32 Å². The Bertz CT molecular complexity index is 452. The zero-order chi connectivity index (χ0) is 14.4. The van der Waals surface area contributed by atoms with Crippen molar-refractivity contribution in [3.8, 4) is 0 Å². The van der Waals surface area contributed by atoms with Gasteiger partial charge in [-0.2, -0.15) is 0 Å². The predicted octanol–water partition coefficient (Wildman–Crippen LogP) is 4.80. The van der Waals surface area contributed by atoms with E-state index >= 15 is 0 Å². The van der Waals surface area contributed by atoms with E-state index in [1.807, 2.05) is 0 Å². The Morgan fingerprint density at radius 3 is 1.65 bits per heavy atom. The van der Waals surface area contributed by atoms with Gasteiger partial charge in [-0.1, -0.05) is 80.9 Å². The number of hydrogen-bond acceptors (Lipinski definition) is 1. The Labute approximate surface area is 123 Å². The third kappa shape index (κ3) is 3.71. The third-order valence-electron chi connectivity index (χ3n) is 4.19. The van der Waals surface area contributed by atoms with Crippen molar-refractivity contribution in [2.45, 2.75) is 39.3 Å². The van der Waals surface area contributed by atoms with Gasteiger partial charge in [0.1, 0.15) is 0 Å². The van der Waals surface area contributed by atoms with Crippen molar-refractivity contribution < 1.29 is 0 Å². The maximum atomic E-state index is 3.80. The maximum Gasteiger partial charge on any atom is 0.0578 e. The molecule has 0 saturated heterocycles. The maximum absolute atomic E-state index is 3.80. The van der Waals surface area contributed by atoms with Crippen LogP contribution in [0, 0.1) is 5.92 Å². The Morgan fingerprint density at radius 2 is 1.25 bits per heavy atom. The zero-order valence-corrected chi connectivity index (χ0v) is 12.7. The van der Waals surface area contributed by atoms with Crippen LogP contribution in [0.4, 0.5) is 0 Å². The predicted molar refractivity (Wildman–Crippen MR) is 86.8 cm³/mol. The van der Waals surface area contributed by atoms with Crippen LogP contribution in [0.25, 0.3) is 0 Å². The van der Waals surface area contributed by atoms with E-state index in [2.05, 4.69) is 86.8 Å². The molecule has 2 unspecified atom stereocenters. The zero-order valence-electron chi connectivity index (χ0n) is 12.7. The highest BCUT2D eigenvalue weighted by Crippen LogP contribution is 2.23. The molecule has 0 saturated carbocycles. The van der Waals surface area contributed by atoms with Crippen molar-refractivity contribution >= 4 is 0 Å². The summed E-state index contributed by atoms with van der Waals surface area (Å²) in [5, 5.41) is 3.80. The van der Waals surface area contributed by atoms with Gasteiger partial charge in [0.15, 0.2) is 0 Å². The highest BCUT2D eigenvalue weighted by Gasteiger charge is 2.18. The SMILES string of the molecule is CCC(C)C(C)NC(c1ccccc1)c1ccccc1. The summed E-state index contributed by atoms with van der Waals surface area (Å²) in [6.45, 7) is 6.85. The first kappa shape index (κ1) is 14.8. The summed E-state index contributed by atoms with van der Waals surface area (Å²) in [6.07, 6.45) is 1.20. The number of benzene rings is 2. The van der Waals surface area contributed by atoms with Gasteiger partial charge < -0.3 is 5.32 Å². The lowest BCUT2D eigenvalue weighted by Gasteiger charge is -2.27. The molecule has 0 fully saturated rings. The fourth-order valence-corrected chi connectivity index (χ4v) is 2.46. The summed E-state index contributed by atoms with van der Waals surface area (Å²) in [5.74, 6) is 0.671. The summed E-state index contributed by atoms with van der Waals surface area (Å²) >= 11 is 0. The molecule has 1 heteroatoms. The van der Waals surface area contributed by atoms with Crippen molar-refractivity contribution in [2.24, 2.45) is 5.92 Å². The van der Waals surface area contributed by atoms with Crippen LogP contribution in [-0.2, 0) is 0 Å². The van der Waals surface area contributed by atoms with E-state index in [1.165, 1.54) is 17.5 Å². The van der Waals surface area contributed by atoms with Gasteiger partial charge in [-0.3, -0.25) is 0 Å². The minimum Gasteiger partial charge on any atom is -0.303 e. The van der Waals surface area contributed by atoms with Crippen LogP contribution in [0.3, 0.4) is 0 Å². The normalized spacial score (nSPS) is 14.2. The topological polar surface area (TPSA) is 12.0 Å². The quantitative estimate of drug-likeness (QED) is 0.792. The van der Waals surface area contributed by atoms with E-state index in [-0.39, 0.29) is 6.04 Å². The summed E-state index contributed by atoms with van der Waals surface area (Å²) in [4.78, 5) is 0. The van der Waals surface area contributed by atoms with Crippen LogP contribution >= 0.6 is 0 Å². The number of rotatable bonds is 6. The molecule has 0 aliphatic carbocycles. The van der Waals surface area contributed by atoms with Crippen molar-refractivity contribution in [3.63, 3.8) is 0 Å². The lowest BCUT2D eigenvalue weighted by Crippen LogP contribution is -2.35. The molecule has 0 radical (unpaired) electrons. The lowest BCUT2D eigenvalue weighted by molar-refractivity contribution is 0.369. The van der Waals surface area contributed by atoms with Gasteiger partial charge in [0.2, 0.25) is 0 Å². The Hall–Kier alpha value is -1.60. The van der Waals surface area contributed by atoms with E-state index < -0.39 is 0 Å². The van der Waals surface area contributed by atoms with Crippen molar-refractivity contribution in [1.82, 2.24) is 5.32 Å². The molecule has 0 heterocycles. The molecular formula is C19H25N. The van der Waals surface area contributed by atoms with E-state index in [0.29, 0.717) is 12.0 Å². The number of hydrogen-bond donors (Lipinski definition) is 1. The van der Waals surface area contributed by atoms with Gasteiger partial charge in [-0.05, 0) is 24.0 Å². The average Bonchev–Trinajstić information content (AvgIpc) is 2.53. The van der Waals surface area contributed by atoms with Gasteiger partial charge in [0.25, 0.3) is 0 Å². The fourth-order valence-electron chi connectivity index (χ4n) is 2.46. The first-order valence-corrected chi connectivity index (χ1v) is 7.58. The molecule has 0 aromatic heterocycles. The molecule has 2 aromatic rings. The third-order valence-corrected chi connectivity index (χ3v) is 4.19. The van der Waals surface area contributed by atoms with Crippen LogP contribution in [0.15, 0.2) is 60.7 Å². The van der Waals surface area contributed by atoms with Crippen LogP contribution in [0.1, 0.15) is 44.4 Å². The molecular weight excluding hydrogens is 242 g/mol. The average molecular weight is 267 g/mol. The highest BCUT2D eigenvalue weighted by molar-refractivity contribution is 5.31. The van der Waals surface area contributed by atoms with E-state index in [0.717, 1.165) is 0 Å². The molecule has 2 aromatic carbocycles. The molecule has 2 rings (SSSR count). The van der Waals surface area contributed by atoms with Crippen molar-refractivity contribution in [3.05, 3.63) is 71.8 Å². The number of nitrogens with one attached hydrogen (secondary N) is 1. The van der Waals surface area contributed by atoms with Gasteiger partial charge in [-0.25, -0.2) is 0 Å². The molecule has 1 N–H and O–H groups in total. The Balaban J connectivity index is 2.26. The monoisotopic (exact) mass is 267 g/mol. The molecule has 0 aliphatic heterocycles. The standard InChI is InChI=1S/C19H25N/c1-4-15(2)16(3)20-19(17-11-7-5-8-12-17)18-13-9-6-10-14-18/h5-16,19-20H,4H2,1-3H3. The van der Waals surface area contributed by atoms with E-state index in [9.17, 15) is 0 Å². The molecule has 2 atom stereocenters. The molecule has 20 heavy (non-hydrogen) atoms. The summed E-state index contributed by atoms with van der Waals surface area (Å²) in [5.41, 5.74) is 2.66. The smallest absolute Gasteiger partial charge is 0.0578 e. The van der Waals surface area contributed by atoms with Gasteiger partial charge >= 0.3 is 0 Å². The van der Waals surface area contributed by atoms with Crippen molar-refractivity contribution in [2.75, 3.05) is 0 Å². The Kier molecular flexibility index (Phi) is 5.37. The van der Waals surface area contributed by atoms with Gasteiger partial charge in [-0.15, -0.1) is 0 Å². The fraction of sp³-hybridized carbons (Fsp3) is 0.368.